The molecule has 1 aliphatic heterocycles. The Balaban J connectivity index is 1.40. The van der Waals surface area contributed by atoms with E-state index in [0.29, 0.717) is 28.5 Å². The predicted molar refractivity (Wildman–Crippen MR) is 115 cm³/mol. The molecule has 1 N–H and O–H groups in total. The second-order valence-corrected chi connectivity index (χ2v) is 7.00. The zero-order valence-corrected chi connectivity index (χ0v) is 17.9. The normalized spacial score (nSPS) is 12.2. The van der Waals surface area contributed by atoms with Gasteiger partial charge in [0, 0.05) is 30.9 Å². The molecule has 0 saturated carbocycles. The van der Waals surface area contributed by atoms with Crippen molar-refractivity contribution in [1.29, 1.82) is 0 Å². The number of oxime groups is 1. The van der Waals surface area contributed by atoms with E-state index in [4.69, 9.17) is 19.0 Å². The maximum absolute atomic E-state index is 12.0. The van der Waals surface area contributed by atoms with Crippen molar-refractivity contribution >= 4 is 29.2 Å². The van der Waals surface area contributed by atoms with Crippen molar-refractivity contribution in [3.63, 3.8) is 0 Å². The molecule has 0 spiro atoms. The lowest BCUT2D eigenvalue weighted by atomic mass is 10.1. The molecular formula is C22H23N3O7. The molecule has 10 nitrogen and oxygen atoms in total. The number of benzene rings is 2. The summed E-state index contributed by atoms with van der Waals surface area (Å²) in [5, 5.41) is 6.45. The van der Waals surface area contributed by atoms with Crippen molar-refractivity contribution in [2.24, 2.45) is 5.16 Å². The number of nitrogens with zero attached hydrogens (tertiary/aromatic N) is 2. The minimum atomic E-state index is -0.741. The van der Waals surface area contributed by atoms with E-state index in [1.54, 1.807) is 63.5 Å². The summed E-state index contributed by atoms with van der Waals surface area (Å²) in [4.78, 5) is 42.1. The van der Waals surface area contributed by atoms with Gasteiger partial charge in [-0.15, -0.1) is 0 Å². The molecule has 0 unspecified atom stereocenters. The summed E-state index contributed by atoms with van der Waals surface area (Å²) in [6, 6.07) is 11.7. The molecule has 0 saturated heterocycles. The van der Waals surface area contributed by atoms with Crippen molar-refractivity contribution in [2.75, 3.05) is 39.4 Å². The van der Waals surface area contributed by atoms with Crippen LogP contribution in [0.1, 0.15) is 22.8 Å². The van der Waals surface area contributed by atoms with E-state index in [0.717, 1.165) is 5.56 Å². The predicted octanol–water partition coefficient (Wildman–Crippen LogP) is 2.04. The molecular weight excluding hydrogens is 418 g/mol. The Hall–Kier alpha value is -4.08. The van der Waals surface area contributed by atoms with Gasteiger partial charge in [0.2, 0.25) is 13.4 Å². The molecule has 0 bridgehead atoms. The van der Waals surface area contributed by atoms with Crippen molar-refractivity contribution in [1.82, 2.24) is 4.90 Å². The van der Waals surface area contributed by atoms with Crippen LogP contribution in [0.3, 0.4) is 0 Å². The van der Waals surface area contributed by atoms with Crippen molar-refractivity contribution in [2.45, 2.75) is 6.92 Å². The molecule has 2 amide bonds. The van der Waals surface area contributed by atoms with Crippen LogP contribution in [0, 0.1) is 0 Å². The number of fused-ring (bicyclic) bond motifs is 1. The van der Waals surface area contributed by atoms with E-state index in [-0.39, 0.29) is 12.7 Å². The van der Waals surface area contributed by atoms with Gasteiger partial charge in [-0.2, -0.15) is 0 Å². The number of hydrogen-bond donors (Lipinski definition) is 1. The standard InChI is InChI=1S/C22H23N3O7/c1-14(16-6-9-18-19(10-16)31-13-30-18)24-32-12-21(27)29-11-20(26)23-17-7-4-15(5-8-17)22(28)25(2)3/h4-10H,11-13H2,1-3H3,(H,23,26)/b24-14+. The van der Waals surface area contributed by atoms with Crippen LogP contribution in [0.15, 0.2) is 47.6 Å². The topological polar surface area (TPSA) is 116 Å². The lowest BCUT2D eigenvalue weighted by Crippen LogP contribution is -2.23. The molecule has 0 aliphatic carbocycles. The van der Waals surface area contributed by atoms with E-state index in [9.17, 15) is 14.4 Å². The third-order valence-electron chi connectivity index (χ3n) is 4.36. The number of hydrogen-bond acceptors (Lipinski definition) is 8. The number of rotatable bonds is 8. The Kier molecular flexibility index (Phi) is 7.27. The highest BCUT2D eigenvalue weighted by atomic mass is 16.7. The van der Waals surface area contributed by atoms with E-state index < -0.39 is 25.1 Å². The van der Waals surface area contributed by atoms with E-state index in [2.05, 4.69) is 10.5 Å². The smallest absolute Gasteiger partial charge is 0.347 e. The Morgan fingerprint density at radius 2 is 1.69 bits per heavy atom. The first kappa shape index (κ1) is 22.6. The molecule has 10 heteroatoms. The van der Waals surface area contributed by atoms with E-state index in [1.165, 1.54) is 4.90 Å². The maximum atomic E-state index is 12.0. The third kappa shape index (κ3) is 5.97. The van der Waals surface area contributed by atoms with Gasteiger partial charge in [0.1, 0.15) is 0 Å². The van der Waals surface area contributed by atoms with Gasteiger partial charge in [-0.05, 0) is 49.4 Å². The monoisotopic (exact) mass is 441 g/mol. The number of ether oxygens (including phenoxy) is 3. The second-order valence-electron chi connectivity index (χ2n) is 7.00. The van der Waals surface area contributed by atoms with Gasteiger partial charge in [0.15, 0.2) is 18.1 Å². The Bertz CT molecular complexity index is 1030. The minimum Gasteiger partial charge on any atom is -0.454 e. The fraction of sp³-hybridized carbons (Fsp3) is 0.273. The molecule has 0 fully saturated rings. The second kappa shape index (κ2) is 10.3. The SMILES string of the molecule is C/C(=N\OCC(=O)OCC(=O)Nc1ccc(C(=O)N(C)C)cc1)c1ccc2c(c1)OCO2. The number of amides is 2. The van der Waals surface area contributed by atoms with Crippen LogP contribution in [0.4, 0.5) is 5.69 Å². The number of esters is 1. The van der Waals surface area contributed by atoms with Crippen LogP contribution in [-0.2, 0) is 19.2 Å². The highest BCUT2D eigenvalue weighted by Crippen LogP contribution is 2.32. The van der Waals surface area contributed by atoms with Crippen molar-refractivity contribution in [3.8, 4) is 11.5 Å². The minimum absolute atomic E-state index is 0.145. The first-order chi connectivity index (χ1) is 15.3. The zero-order chi connectivity index (χ0) is 23.1. The summed E-state index contributed by atoms with van der Waals surface area (Å²) in [6.07, 6.45) is 0. The molecule has 1 heterocycles. The maximum Gasteiger partial charge on any atom is 0.347 e. The first-order valence-electron chi connectivity index (χ1n) is 9.67. The Labute approximate surface area is 184 Å². The Morgan fingerprint density at radius 3 is 2.41 bits per heavy atom. The van der Waals surface area contributed by atoms with Crippen LogP contribution >= 0.6 is 0 Å². The highest BCUT2D eigenvalue weighted by molar-refractivity contribution is 5.99. The largest absolute Gasteiger partial charge is 0.454 e. The summed E-state index contributed by atoms with van der Waals surface area (Å²) >= 11 is 0. The summed E-state index contributed by atoms with van der Waals surface area (Å²) in [5.74, 6) is -0.142. The number of anilines is 1. The van der Waals surface area contributed by atoms with Gasteiger partial charge in [-0.3, -0.25) is 9.59 Å². The van der Waals surface area contributed by atoms with Crippen molar-refractivity contribution in [3.05, 3.63) is 53.6 Å². The van der Waals surface area contributed by atoms with Crippen LogP contribution < -0.4 is 14.8 Å². The van der Waals surface area contributed by atoms with E-state index in [1.807, 2.05) is 0 Å². The zero-order valence-electron chi connectivity index (χ0n) is 17.9. The molecule has 2 aromatic rings. The van der Waals surface area contributed by atoms with Crippen LogP contribution in [0.25, 0.3) is 0 Å². The lowest BCUT2D eigenvalue weighted by Gasteiger charge is -2.11. The average Bonchev–Trinajstić information content (AvgIpc) is 3.25. The third-order valence-corrected chi connectivity index (χ3v) is 4.36. The summed E-state index contributed by atoms with van der Waals surface area (Å²) in [7, 11) is 3.31. The quantitative estimate of drug-likeness (QED) is 0.379. The fourth-order valence-electron chi connectivity index (χ4n) is 2.70. The number of carbonyl (C=O) groups excluding carboxylic acids is 3. The Morgan fingerprint density at radius 1 is 1.00 bits per heavy atom. The van der Waals surface area contributed by atoms with E-state index >= 15 is 0 Å². The van der Waals surface area contributed by atoms with Gasteiger partial charge < -0.3 is 29.3 Å². The molecule has 0 atom stereocenters. The lowest BCUT2D eigenvalue weighted by molar-refractivity contribution is -0.151. The fourth-order valence-corrected chi connectivity index (χ4v) is 2.70. The highest BCUT2D eigenvalue weighted by Gasteiger charge is 2.15. The van der Waals surface area contributed by atoms with Gasteiger partial charge in [-0.1, -0.05) is 5.16 Å². The summed E-state index contributed by atoms with van der Waals surface area (Å²) < 4.78 is 15.4. The van der Waals surface area contributed by atoms with Crippen LogP contribution in [0.5, 0.6) is 11.5 Å². The van der Waals surface area contributed by atoms with Gasteiger partial charge in [0.25, 0.3) is 11.8 Å². The van der Waals surface area contributed by atoms with Crippen molar-refractivity contribution < 1.29 is 33.4 Å². The molecule has 2 aromatic carbocycles. The van der Waals surface area contributed by atoms with Gasteiger partial charge in [-0.25, -0.2) is 4.79 Å². The number of nitrogens with one attached hydrogen (secondary N) is 1. The number of carbonyl (C=O) groups is 3. The van der Waals surface area contributed by atoms with Crippen LogP contribution in [-0.4, -0.2) is 62.5 Å². The molecule has 1 aliphatic rings. The van der Waals surface area contributed by atoms with Gasteiger partial charge in [0.05, 0.1) is 5.71 Å². The summed E-state index contributed by atoms with van der Waals surface area (Å²) in [5.41, 5.74) is 2.25. The summed E-state index contributed by atoms with van der Waals surface area (Å²) in [6.45, 7) is 0.960. The molecule has 32 heavy (non-hydrogen) atoms. The molecule has 3 rings (SSSR count). The average molecular weight is 441 g/mol. The first-order valence-corrected chi connectivity index (χ1v) is 9.67. The molecule has 168 valence electrons. The van der Waals surface area contributed by atoms with Crippen LogP contribution in [0.2, 0.25) is 0 Å². The van der Waals surface area contributed by atoms with Gasteiger partial charge >= 0.3 is 5.97 Å². The molecule has 0 aromatic heterocycles. The molecule has 0 radical (unpaired) electrons.